The minimum Gasteiger partial charge on any atom is -0.373 e. The fraction of sp³-hybridized carbons (Fsp3) is 0.143. The predicted octanol–water partition coefficient (Wildman–Crippen LogP) is 4.10. The van der Waals surface area contributed by atoms with Crippen molar-refractivity contribution in [1.29, 1.82) is 0 Å². The molecule has 2 rings (SSSR count). The van der Waals surface area contributed by atoms with Crippen molar-refractivity contribution in [2.24, 2.45) is 0 Å². The zero-order chi connectivity index (χ0) is 14.7. The van der Waals surface area contributed by atoms with Gasteiger partial charge in [0.1, 0.15) is 11.5 Å². The molecular weight excluding hydrogens is 342 g/mol. The zero-order valence-electron chi connectivity index (χ0n) is 11.0. The molecule has 0 saturated carbocycles. The van der Waals surface area contributed by atoms with Crippen LogP contribution in [-0.2, 0) is 0 Å². The van der Waals surface area contributed by atoms with Crippen LogP contribution in [0, 0.1) is 6.92 Å². The van der Waals surface area contributed by atoms with Crippen LogP contribution in [-0.4, -0.2) is 17.9 Å². The minimum absolute atomic E-state index is 0.186. The van der Waals surface area contributed by atoms with Crippen LogP contribution in [0.2, 0.25) is 5.02 Å². The number of nitrogens with one attached hydrogen (secondary N) is 2. The number of amides is 1. The molecule has 0 spiro atoms. The molecule has 0 fully saturated rings. The normalized spacial score (nSPS) is 10.2. The van der Waals surface area contributed by atoms with E-state index in [-0.39, 0.29) is 11.6 Å². The highest BCUT2D eigenvalue weighted by Crippen LogP contribution is 2.25. The number of benzene rings is 1. The summed E-state index contributed by atoms with van der Waals surface area (Å²) >= 11 is 9.43. The summed E-state index contributed by atoms with van der Waals surface area (Å²) in [5.74, 6) is 0.235. The number of carbonyl (C=O) groups is 1. The lowest BCUT2D eigenvalue weighted by Gasteiger charge is -2.09. The van der Waals surface area contributed by atoms with Gasteiger partial charge in [-0.15, -0.1) is 0 Å². The first kappa shape index (κ1) is 14.8. The van der Waals surface area contributed by atoms with Gasteiger partial charge in [-0.25, -0.2) is 4.98 Å². The molecule has 2 N–H and O–H groups in total. The fourth-order valence-electron chi connectivity index (χ4n) is 1.64. The average Bonchev–Trinajstić information content (AvgIpc) is 2.42. The van der Waals surface area contributed by atoms with Gasteiger partial charge in [0.05, 0.1) is 10.7 Å². The third kappa shape index (κ3) is 3.29. The summed E-state index contributed by atoms with van der Waals surface area (Å²) in [6.07, 6.45) is 0. The number of hydrogen-bond donors (Lipinski definition) is 2. The number of aryl methyl sites for hydroxylation is 1. The molecule has 0 aliphatic heterocycles. The Morgan fingerprint density at radius 2 is 2.05 bits per heavy atom. The largest absolute Gasteiger partial charge is 0.373 e. The van der Waals surface area contributed by atoms with E-state index in [2.05, 4.69) is 31.5 Å². The quantitative estimate of drug-likeness (QED) is 0.872. The highest BCUT2D eigenvalue weighted by Gasteiger charge is 2.14. The lowest BCUT2D eigenvalue weighted by atomic mass is 10.2. The van der Waals surface area contributed by atoms with E-state index in [1.165, 1.54) is 0 Å². The van der Waals surface area contributed by atoms with Crippen molar-refractivity contribution < 1.29 is 4.79 Å². The van der Waals surface area contributed by atoms with E-state index in [0.29, 0.717) is 16.5 Å². The molecule has 4 nitrogen and oxygen atoms in total. The Morgan fingerprint density at radius 1 is 1.30 bits per heavy atom. The molecule has 104 valence electrons. The molecule has 1 amide bonds. The van der Waals surface area contributed by atoms with E-state index >= 15 is 0 Å². The van der Waals surface area contributed by atoms with Gasteiger partial charge in [0.25, 0.3) is 5.91 Å². The van der Waals surface area contributed by atoms with Crippen molar-refractivity contribution in [2.75, 3.05) is 17.7 Å². The zero-order valence-corrected chi connectivity index (χ0v) is 13.3. The Kier molecular flexibility index (Phi) is 4.62. The highest BCUT2D eigenvalue weighted by molar-refractivity contribution is 9.10. The Labute approximate surface area is 130 Å². The van der Waals surface area contributed by atoms with Crippen LogP contribution >= 0.6 is 27.5 Å². The van der Waals surface area contributed by atoms with Crippen molar-refractivity contribution in [3.05, 3.63) is 51.1 Å². The van der Waals surface area contributed by atoms with Crippen LogP contribution in [0.4, 0.5) is 11.5 Å². The molecule has 0 radical (unpaired) electrons. The van der Waals surface area contributed by atoms with Crippen molar-refractivity contribution in [1.82, 2.24) is 4.98 Å². The summed E-state index contributed by atoms with van der Waals surface area (Å²) in [5, 5.41) is 5.97. The maximum Gasteiger partial charge on any atom is 0.275 e. The van der Waals surface area contributed by atoms with Gasteiger partial charge in [-0.05, 0) is 52.7 Å². The third-order valence-corrected chi connectivity index (χ3v) is 3.65. The first-order valence-corrected chi connectivity index (χ1v) is 7.10. The van der Waals surface area contributed by atoms with Gasteiger partial charge >= 0.3 is 0 Å². The average molecular weight is 355 g/mol. The number of aromatic nitrogens is 1. The topological polar surface area (TPSA) is 54.0 Å². The molecule has 1 aromatic heterocycles. The van der Waals surface area contributed by atoms with Crippen LogP contribution in [0.3, 0.4) is 0 Å². The third-order valence-electron chi connectivity index (χ3n) is 2.69. The van der Waals surface area contributed by atoms with E-state index < -0.39 is 0 Å². The Bertz CT molecular complexity index is 661. The standard InChI is InChI=1S/C14H13BrClN3O/c1-8-3-5-11(9(15)7-8)18-14(20)13-10(16)4-6-12(17-2)19-13/h3-7H,1-2H3,(H,17,19)(H,18,20). The van der Waals surface area contributed by atoms with Crippen LogP contribution in [0.5, 0.6) is 0 Å². The number of pyridine rings is 1. The van der Waals surface area contributed by atoms with Gasteiger partial charge in [-0.1, -0.05) is 17.7 Å². The second-order valence-corrected chi connectivity index (χ2v) is 5.48. The maximum absolute atomic E-state index is 12.2. The van der Waals surface area contributed by atoms with Gasteiger partial charge in [0, 0.05) is 11.5 Å². The van der Waals surface area contributed by atoms with Gasteiger partial charge < -0.3 is 10.6 Å². The Morgan fingerprint density at radius 3 is 2.70 bits per heavy atom. The predicted molar refractivity (Wildman–Crippen MR) is 85.6 cm³/mol. The van der Waals surface area contributed by atoms with Crippen molar-refractivity contribution in [3.8, 4) is 0 Å². The van der Waals surface area contributed by atoms with E-state index in [1.54, 1.807) is 19.2 Å². The molecule has 6 heteroatoms. The molecule has 2 aromatic rings. The van der Waals surface area contributed by atoms with Crippen LogP contribution in [0.25, 0.3) is 0 Å². The maximum atomic E-state index is 12.2. The van der Waals surface area contributed by atoms with E-state index in [1.807, 2.05) is 25.1 Å². The molecule has 1 aromatic carbocycles. The van der Waals surface area contributed by atoms with Crippen molar-refractivity contribution in [2.45, 2.75) is 6.92 Å². The Hall–Kier alpha value is -1.59. The van der Waals surface area contributed by atoms with Crippen LogP contribution < -0.4 is 10.6 Å². The molecule has 1 heterocycles. The molecular formula is C14H13BrClN3O. The number of carbonyl (C=O) groups excluding carboxylic acids is 1. The number of anilines is 2. The summed E-state index contributed by atoms with van der Waals surface area (Å²) in [6, 6.07) is 9.02. The summed E-state index contributed by atoms with van der Waals surface area (Å²) in [4.78, 5) is 16.4. The fourth-order valence-corrected chi connectivity index (χ4v) is 2.43. The SMILES string of the molecule is CNc1ccc(Cl)c(C(=O)Nc2ccc(C)cc2Br)n1. The summed E-state index contributed by atoms with van der Waals surface area (Å²) < 4.78 is 0.812. The van der Waals surface area contributed by atoms with Crippen molar-refractivity contribution in [3.63, 3.8) is 0 Å². The molecule has 0 atom stereocenters. The molecule has 0 bridgehead atoms. The van der Waals surface area contributed by atoms with E-state index in [4.69, 9.17) is 11.6 Å². The summed E-state index contributed by atoms with van der Waals surface area (Å²) in [6.45, 7) is 1.98. The number of nitrogens with zero attached hydrogens (tertiary/aromatic N) is 1. The van der Waals surface area contributed by atoms with Crippen LogP contribution in [0.1, 0.15) is 16.1 Å². The molecule has 0 aliphatic rings. The van der Waals surface area contributed by atoms with Gasteiger partial charge in [-0.3, -0.25) is 4.79 Å². The Balaban J connectivity index is 2.28. The second-order valence-electron chi connectivity index (χ2n) is 4.21. The highest BCUT2D eigenvalue weighted by atomic mass is 79.9. The molecule has 0 saturated heterocycles. The number of hydrogen-bond acceptors (Lipinski definition) is 3. The van der Waals surface area contributed by atoms with Gasteiger partial charge in [-0.2, -0.15) is 0 Å². The second kappa shape index (κ2) is 6.24. The molecule has 0 aliphatic carbocycles. The lowest BCUT2D eigenvalue weighted by molar-refractivity contribution is 0.102. The van der Waals surface area contributed by atoms with Crippen LogP contribution in [0.15, 0.2) is 34.8 Å². The van der Waals surface area contributed by atoms with Gasteiger partial charge in [0.2, 0.25) is 0 Å². The lowest BCUT2D eigenvalue weighted by Crippen LogP contribution is -2.15. The minimum atomic E-state index is -0.350. The summed E-state index contributed by atoms with van der Waals surface area (Å²) in [5.41, 5.74) is 1.96. The van der Waals surface area contributed by atoms with Crippen molar-refractivity contribution >= 4 is 44.9 Å². The first-order chi connectivity index (χ1) is 9.51. The number of halogens is 2. The summed E-state index contributed by atoms with van der Waals surface area (Å²) in [7, 11) is 1.73. The van der Waals surface area contributed by atoms with E-state index in [0.717, 1.165) is 10.0 Å². The smallest absolute Gasteiger partial charge is 0.275 e. The van der Waals surface area contributed by atoms with Gasteiger partial charge in [0.15, 0.2) is 0 Å². The monoisotopic (exact) mass is 353 g/mol. The number of rotatable bonds is 3. The van der Waals surface area contributed by atoms with E-state index in [9.17, 15) is 4.79 Å². The molecule has 0 unspecified atom stereocenters. The first-order valence-electron chi connectivity index (χ1n) is 5.93. The molecule has 20 heavy (non-hydrogen) atoms.